The Kier molecular flexibility index (Phi) is 4.83. The number of halogens is 1. The molecule has 0 saturated carbocycles. The van der Waals surface area contributed by atoms with Gasteiger partial charge in [0.1, 0.15) is 0 Å². The van der Waals surface area contributed by atoms with Crippen LogP contribution >= 0.6 is 15.9 Å². The van der Waals surface area contributed by atoms with E-state index < -0.39 is 0 Å². The second-order valence-electron chi connectivity index (χ2n) is 4.98. The molecule has 0 fully saturated rings. The van der Waals surface area contributed by atoms with Gasteiger partial charge in [0.25, 0.3) is 0 Å². The number of hydrogen-bond acceptors (Lipinski definition) is 4. The maximum absolute atomic E-state index is 4.65. The highest BCUT2D eigenvalue weighted by Gasteiger charge is 2.15. The Morgan fingerprint density at radius 1 is 1.20 bits per heavy atom. The van der Waals surface area contributed by atoms with Crippen LogP contribution in [0.1, 0.15) is 29.8 Å². The maximum atomic E-state index is 4.65. The summed E-state index contributed by atoms with van der Waals surface area (Å²) in [5, 5.41) is 3.20. The number of rotatable bonds is 4. The molecule has 0 amide bonds. The summed E-state index contributed by atoms with van der Waals surface area (Å²) in [6.45, 7) is 7.20. The summed E-state index contributed by atoms with van der Waals surface area (Å²) in [5.41, 5.74) is 4.23. The number of hydrogen-bond donors (Lipinski definition) is 1. The maximum Gasteiger partial charge on any atom is 0.161 e. The van der Waals surface area contributed by atoms with E-state index in [1.807, 2.05) is 27.0 Å². The van der Waals surface area contributed by atoms with E-state index in [9.17, 15) is 0 Å². The lowest BCUT2D eigenvalue weighted by molar-refractivity contribution is 0.663. The van der Waals surface area contributed by atoms with Gasteiger partial charge in [-0.2, -0.15) is 0 Å². The first-order valence-corrected chi connectivity index (χ1v) is 7.43. The van der Waals surface area contributed by atoms with Crippen molar-refractivity contribution in [3.8, 4) is 11.4 Å². The standard InChI is InChI=1S/C15H19BrN4/c1-9(6-17-4)14-10(2)19-15(20-11(14)3)12-5-13(16)8-18-7-12/h5,7-9,17H,6H2,1-4H3. The van der Waals surface area contributed by atoms with Gasteiger partial charge in [0, 0.05) is 40.4 Å². The number of nitrogens with one attached hydrogen (secondary N) is 1. The van der Waals surface area contributed by atoms with Crippen LogP contribution in [0.3, 0.4) is 0 Å². The van der Waals surface area contributed by atoms with Gasteiger partial charge in [-0.1, -0.05) is 6.92 Å². The fraction of sp³-hybridized carbons (Fsp3) is 0.400. The van der Waals surface area contributed by atoms with Gasteiger partial charge in [-0.25, -0.2) is 9.97 Å². The summed E-state index contributed by atoms with van der Waals surface area (Å²) < 4.78 is 0.932. The SMILES string of the molecule is CNCC(C)c1c(C)nc(-c2cncc(Br)c2)nc1C. The molecule has 1 unspecified atom stereocenters. The Labute approximate surface area is 128 Å². The van der Waals surface area contributed by atoms with Crippen LogP contribution in [-0.4, -0.2) is 28.5 Å². The molecular weight excluding hydrogens is 316 g/mol. The summed E-state index contributed by atoms with van der Waals surface area (Å²) >= 11 is 3.43. The number of aromatic nitrogens is 3. The van der Waals surface area contributed by atoms with Crippen LogP contribution in [0.2, 0.25) is 0 Å². The fourth-order valence-corrected chi connectivity index (χ4v) is 2.87. The molecule has 106 valence electrons. The molecule has 2 aromatic rings. The van der Waals surface area contributed by atoms with Crippen molar-refractivity contribution in [1.82, 2.24) is 20.3 Å². The molecule has 0 radical (unpaired) electrons. The summed E-state index contributed by atoms with van der Waals surface area (Å²) in [6.07, 6.45) is 3.54. The average Bonchev–Trinajstić information content (AvgIpc) is 2.38. The van der Waals surface area contributed by atoms with E-state index in [0.29, 0.717) is 5.92 Å². The number of likely N-dealkylation sites (N-methyl/N-ethyl adjacent to an activating group) is 1. The second-order valence-corrected chi connectivity index (χ2v) is 5.90. The van der Waals surface area contributed by atoms with E-state index in [1.54, 1.807) is 12.4 Å². The first-order valence-electron chi connectivity index (χ1n) is 6.63. The first kappa shape index (κ1) is 15.1. The minimum atomic E-state index is 0.398. The quantitative estimate of drug-likeness (QED) is 0.932. The predicted molar refractivity (Wildman–Crippen MR) is 84.8 cm³/mol. The van der Waals surface area contributed by atoms with E-state index in [0.717, 1.165) is 33.8 Å². The molecule has 2 heterocycles. The van der Waals surface area contributed by atoms with Crippen molar-refractivity contribution < 1.29 is 0 Å². The van der Waals surface area contributed by atoms with Gasteiger partial charge >= 0.3 is 0 Å². The third-order valence-corrected chi connectivity index (χ3v) is 3.73. The third-order valence-electron chi connectivity index (χ3n) is 3.29. The minimum Gasteiger partial charge on any atom is -0.319 e. The molecule has 0 bridgehead atoms. The molecule has 0 aliphatic carbocycles. The Hall–Kier alpha value is -1.33. The van der Waals surface area contributed by atoms with E-state index >= 15 is 0 Å². The Balaban J connectivity index is 2.45. The van der Waals surface area contributed by atoms with Crippen LogP contribution in [0.4, 0.5) is 0 Å². The zero-order valence-corrected chi connectivity index (χ0v) is 13.8. The highest BCUT2D eigenvalue weighted by atomic mass is 79.9. The molecule has 0 aliphatic rings. The zero-order valence-electron chi connectivity index (χ0n) is 12.2. The lowest BCUT2D eigenvalue weighted by Crippen LogP contribution is -2.17. The predicted octanol–water partition coefficient (Wildman–Crippen LogP) is 3.24. The minimum absolute atomic E-state index is 0.398. The molecule has 1 N–H and O–H groups in total. The molecule has 2 rings (SSSR count). The first-order chi connectivity index (χ1) is 9.52. The molecule has 0 aromatic carbocycles. The van der Waals surface area contributed by atoms with Crippen LogP contribution in [-0.2, 0) is 0 Å². The van der Waals surface area contributed by atoms with Crippen LogP contribution in [0.25, 0.3) is 11.4 Å². The van der Waals surface area contributed by atoms with Crippen molar-refractivity contribution in [2.24, 2.45) is 0 Å². The third kappa shape index (κ3) is 3.22. The van der Waals surface area contributed by atoms with E-state index in [-0.39, 0.29) is 0 Å². The van der Waals surface area contributed by atoms with Gasteiger partial charge in [-0.05, 0) is 54.4 Å². The molecular formula is C15H19BrN4. The Morgan fingerprint density at radius 3 is 2.40 bits per heavy atom. The Bertz CT molecular complexity index is 590. The van der Waals surface area contributed by atoms with Crippen molar-refractivity contribution in [3.63, 3.8) is 0 Å². The van der Waals surface area contributed by atoms with E-state index in [1.165, 1.54) is 5.56 Å². The van der Waals surface area contributed by atoms with Crippen LogP contribution in [0.5, 0.6) is 0 Å². The molecule has 2 aromatic heterocycles. The lowest BCUT2D eigenvalue weighted by atomic mass is 9.98. The van der Waals surface area contributed by atoms with Crippen LogP contribution in [0, 0.1) is 13.8 Å². The van der Waals surface area contributed by atoms with E-state index in [4.69, 9.17) is 0 Å². The van der Waals surface area contributed by atoms with Crippen LogP contribution in [0.15, 0.2) is 22.9 Å². The van der Waals surface area contributed by atoms with Crippen molar-refractivity contribution in [3.05, 3.63) is 39.9 Å². The zero-order chi connectivity index (χ0) is 14.7. The summed E-state index contributed by atoms with van der Waals surface area (Å²) in [7, 11) is 1.96. The van der Waals surface area contributed by atoms with Gasteiger partial charge in [-0.15, -0.1) is 0 Å². The normalized spacial score (nSPS) is 12.4. The Morgan fingerprint density at radius 2 is 1.85 bits per heavy atom. The van der Waals surface area contributed by atoms with Gasteiger partial charge < -0.3 is 5.32 Å². The molecule has 0 aliphatic heterocycles. The van der Waals surface area contributed by atoms with Crippen molar-refractivity contribution in [1.29, 1.82) is 0 Å². The molecule has 1 atom stereocenters. The highest BCUT2D eigenvalue weighted by molar-refractivity contribution is 9.10. The number of pyridine rings is 1. The molecule has 0 spiro atoms. The average molecular weight is 335 g/mol. The topological polar surface area (TPSA) is 50.7 Å². The van der Waals surface area contributed by atoms with Crippen molar-refractivity contribution in [2.45, 2.75) is 26.7 Å². The van der Waals surface area contributed by atoms with Crippen molar-refractivity contribution >= 4 is 15.9 Å². The van der Waals surface area contributed by atoms with E-state index in [2.05, 4.69) is 43.1 Å². The smallest absolute Gasteiger partial charge is 0.161 e. The van der Waals surface area contributed by atoms with Crippen molar-refractivity contribution in [2.75, 3.05) is 13.6 Å². The monoisotopic (exact) mass is 334 g/mol. The second kappa shape index (κ2) is 6.41. The number of aryl methyl sites for hydroxylation is 2. The van der Waals surface area contributed by atoms with Crippen LogP contribution < -0.4 is 5.32 Å². The molecule has 0 saturated heterocycles. The number of nitrogens with zero attached hydrogens (tertiary/aromatic N) is 3. The summed E-state index contributed by atoms with van der Waals surface area (Å²) in [6, 6.07) is 1.98. The fourth-order valence-electron chi connectivity index (χ4n) is 2.51. The molecule has 4 nitrogen and oxygen atoms in total. The highest BCUT2D eigenvalue weighted by Crippen LogP contribution is 2.25. The summed E-state index contributed by atoms with van der Waals surface area (Å²) in [4.78, 5) is 13.5. The largest absolute Gasteiger partial charge is 0.319 e. The van der Waals surface area contributed by atoms with Gasteiger partial charge in [0.2, 0.25) is 0 Å². The summed E-state index contributed by atoms with van der Waals surface area (Å²) in [5.74, 6) is 1.13. The lowest BCUT2D eigenvalue weighted by Gasteiger charge is -2.17. The molecule has 5 heteroatoms. The molecule has 20 heavy (non-hydrogen) atoms. The van der Waals surface area contributed by atoms with Gasteiger partial charge in [-0.3, -0.25) is 4.98 Å². The van der Waals surface area contributed by atoms with Gasteiger partial charge in [0.05, 0.1) is 0 Å². The van der Waals surface area contributed by atoms with Gasteiger partial charge in [0.15, 0.2) is 5.82 Å².